The van der Waals surface area contributed by atoms with E-state index in [1.54, 1.807) is 47.2 Å². The molecule has 1 amide bonds. The first-order valence-electron chi connectivity index (χ1n) is 6.94. The molecule has 0 saturated heterocycles. The fraction of sp³-hybridized carbons (Fsp3) is 0.400. The van der Waals surface area contributed by atoms with Gasteiger partial charge in [0.15, 0.2) is 0 Å². The summed E-state index contributed by atoms with van der Waals surface area (Å²) in [7, 11) is 0. The van der Waals surface area contributed by atoms with E-state index in [4.69, 9.17) is 0 Å². The molecule has 0 radical (unpaired) electrons. The molecule has 0 aliphatic rings. The third-order valence-corrected chi connectivity index (χ3v) is 3.08. The summed E-state index contributed by atoms with van der Waals surface area (Å²) >= 11 is 0. The van der Waals surface area contributed by atoms with Gasteiger partial charge in [0.1, 0.15) is 5.69 Å². The highest BCUT2D eigenvalue weighted by Crippen LogP contribution is 2.11. The molecular weight excluding hydrogens is 268 g/mol. The third kappa shape index (κ3) is 3.66. The Balaban J connectivity index is 2.28. The van der Waals surface area contributed by atoms with Gasteiger partial charge in [0.25, 0.3) is 5.91 Å². The lowest BCUT2D eigenvalue weighted by atomic mass is 10.2. The summed E-state index contributed by atoms with van der Waals surface area (Å²) in [6.45, 7) is 5.77. The van der Waals surface area contributed by atoms with Crippen LogP contribution in [0, 0.1) is 0 Å². The molecule has 1 N–H and O–H groups in total. The van der Waals surface area contributed by atoms with Crippen molar-refractivity contribution in [2.24, 2.45) is 0 Å². The molecule has 6 nitrogen and oxygen atoms in total. The van der Waals surface area contributed by atoms with E-state index >= 15 is 0 Å². The fourth-order valence-electron chi connectivity index (χ4n) is 2.06. The fourth-order valence-corrected chi connectivity index (χ4v) is 2.06. The quantitative estimate of drug-likeness (QED) is 0.905. The Bertz CT molecular complexity index is 593. The van der Waals surface area contributed by atoms with Gasteiger partial charge in [0.05, 0.1) is 11.8 Å². The van der Waals surface area contributed by atoms with Crippen LogP contribution in [0.25, 0.3) is 5.69 Å². The number of amides is 1. The second-order valence-electron chi connectivity index (χ2n) is 5.25. The zero-order valence-electron chi connectivity index (χ0n) is 12.5. The molecule has 2 heterocycles. The van der Waals surface area contributed by atoms with Crippen molar-refractivity contribution in [2.45, 2.75) is 32.9 Å². The van der Waals surface area contributed by atoms with Crippen LogP contribution in [-0.2, 0) is 0 Å². The molecule has 0 aliphatic heterocycles. The van der Waals surface area contributed by atoms with Crippen molar-refractivity contribution in [3.05, 3.63) is 42.5 Å². The van der Waals surface area contributed by atoms with Crippen molar-refractivity contribution in [1.29, 1.82) is 0 Å². The number of aromatic nitrogens is 3. The zero-order chi connectivity index (χ0) is 15.4. The second-order valence-corrected chi connectivity index (χ2v) is 5.25. The molecule has 6 heteroatoms. The van der Waals surface area contributed by atoms with Gasteiger partial charge in [-0.3, -0.25) is 9.78 Å². The molecule has 2 aromatic heterocycles. The van der Waals surface area contributed by atoms with Gasteiger partial charge in [-0.2, -0.15) is 5.10 Å². The van der Waals surface area contributed by atoms with E-state index in [1.807, 2.05) is 19.9 Å². The average molecular weight is 288 g/mol. The highest BCUT2D eigenvalue weighted by molar-refractivity contribution is 5.93. The van der Waals surface area contributed by atoms with Crippen LogP contribution in [0.5, 0.6) is 0 Å². The predicted molar refractivity (Wildman–Crippen MR) is 79.2 cm³/mol. The van der Waals surface area contributed by atoms with Crippen LogP contribution in [0.4, 0.5) is 0 Å². The minimum Gasteiger partial charge on any atom is -0.392 e. The summed E-state index contributed by atoms with van der Waals surface area (Å²) in [4.78, 5) is 18.3. The van der Waals surface area contributed by atoms with E-state index in [-0.39, 0.29) is 18.5 Å². The summed E-state index contributed by atoms with van der Waals surface area (Å²) < 4.78 is 1.67. The normalized spacial score (nSPS) is 12.4. The molecular formula is C15H20N4O2. The number of aliphatic hydroxyl groups is 1. The topological polar surface area (TPSA) is 71.2 Å². The maximum absolute atomic E-state index is 12.6. The van der Waals surface area contributed by atoms with E-state index in [0.717, 1.165) is 5.69 Å². The largest absolute Gasteiger partial charge is 0.392 e. The monoisotopic (exact) mass is 288 g/mol. The molecule has 0 aromatic carbocycles. The number of hydrogen-bond donors (Lipinski definition) is 1. The van der Waals surface area contributed by atoms with Crippen molar-refractivity contribution < 1.29 is 9.90 Å². The molecule has 2 rings (SSSR count). The number of aliphatic hydroxyl groups excluding tert-OH is 1. The van der Waals surface area contributed by atoms with Crippen molar-refractivity contribution >= 4 is 5.91 Å². The molecule has 112 valence electrons. The molecule has 1 unspecified atom stereocenters. The maximum atomic E-state index is 12.6. The lowest BCUT2D eigenvalue weighted by molar-refractivity contribution is 0.0573. The van der Waals surface area contributed by atoms with E-state index in [1.165, 1.54) is 0 Å². The van der Waals surface area contributed by atoms with Gasteiger partial charge >= 0.3 is 0 Å². The molecule has 0 saturated carbocycles. The van der Waals surface area contributed by atoms with Gasteiger partial charge in [-0.1, -0.05) is 0 Å². The average Bonchev–Trinajstić information content (AvgIpc) is 2.98. The van der Waals surface area contributed by atoms with Crippen molar-refractivity contribution in [3.63, 3.8) is 0 Å². The predicted octanol–water partition coefficient (Wildman–Crippen LogP) is 1.50. The van der Waals surface area contributed by atoms with Crippen LogP contribution in [0.15, 0.2) is 36.8 Å². The number of nitrogens with zero attached hydrogens (tertiary/aromatic N) is 4. The van der Waals surface area contributed by atoms with Crippen LogP contribution in [0.3, 0.4) is 0 Å². The molecule has 1 atom stereocenters. The van der Waals surface area contributed by atoms with E-state index in [9.17, 15) is 9.90 Å². The van der Waals surface area contributed by atoms with Gasteiger partial charge in [-0.15, -0.1) is 0 Å². The Morgan fingerprint density at radius 1 is 1.38 bits per heavy atom. The van der Waals surface area contributed by atoms with E-state index < -0.39 is 6.10 Å². The minimum absolute atomic E-state index is 0.0118. The summed E-state index contributed by atoms with van der Waals surface area (Å²) in [5, 5.41) is 13.7. The molecule has 0 spiro atoms. The Hall–Kier alpha value is -2.21. The van der Waals surface area contributed by atoms with Crippen LogP contribution in [0.2, 0.25) is 0 Å². The van der Waals surface area contributed by atoms with Crippen molar-refractivity contribution in [1.82, 2.24) is 19.7 Å². The molecule has 2 aromatic rings. The number of pyridine rings is 1. The molecule has 0 bridgehead atoms. The van der Waals surface area contributed by atoms with Gasteiger partial charge < -0.3 is 10.0 Å². The Kier molecular flexibility index (Phi) is 4.70. The number of rotatable bonds is 5. The number of carbonyl (C=O) groups is 1. The van der Waals surface area contributed by atoms with E-state index in [0.29, 0.717) is 5.69 Å². The van der Waals surface area contributed by atoms with Crippen molar-refractivity contribution in [3.8, 4) is 5.69 Å². The first-order chi connectivity index (χ1) is 9.99. The SMILES string of the molecule is CC(O)CN(C(=O)c1cc(-n2cccn2)ccn1)C(C)C. The van der Waals surface area contributed by atoms with Crippen LogP contribution < -0.4 is 0 Å². The Labute approximate surface area is 124 Å². The molecule has 21 heavy (non-hydrogen) atoms. The lowest BCUT2D eigenvalue weighted by Gasteiger charge is -2.27. The summed E-state index contributed by atoms with van der Waals surface area (Å²) in [5.74, 6) is -0.195. The summed E-state index contributed by atoms with van der Waals surface area (Å²) in [6, 6.07) is 5.29. The molecule has 0 aliphatic carbocycles. The standard InChI is InChI=1S/C15H20N4O2/c1-11(2)18(10-12(3)20)15(21)14-9-13(5-7-16-14)19-8-4-6-17-19/h4-9,11-12,20H,10H2,1-3H3. The highest BCUT2D eigenvalue weighted by Gasteiger charge is 2.21. The van der Waals surface area contributed by atoms with Gasteiger partial charge in [0, 0.05) is 31.2 Å². The van der Waals surface area contributed by atoms with Gasteiger partial charge in [0.2, 0.25) is 0 Å². The summed E-state index contributed by atoms with van der Waals surface area (Å²) in [6.07, 6.45) is 4.49. The van der Waals surface area contributed by atoms with E-state index in [2.05, 4.69) is 10.1 Å². The van der Waals surface area contributed by atoms with Gasteiger partial charge in [-0.05, 0) is 39.0 Å². The first kappa shape index (κ1) is 15.2. The maximum Gasteiger partial charge on any atom is 0.272 e. The smallest absolute Gasteiger partial charge is 0.272 e. The first-order valence-corrected chi connectivity index (χ1v) is 6.94. The lowest BCUT2D eigenvalue weighted by Crippen LogP contribution is -2.41. The third-order valence-electron chi connectivity index (χ3n) is 3.08. The second kappa shape index (κ2) is 6.49. The Morgan fingerprint density at radius 3 is 2.71 bits per heavy atom. The van der Waals surface area contributed by atoms with Gasteiger partial charge in [-0.25, -0.2) is 4.68 Å². The zero-order valence-corrected chi connectivity index (χ0v) is 12.5. The molecule has 0 fully saturated rings. The number of hydrogen-bond acceptors (Lipinski definition) is 4. The summed E-state index contributed by atoms with van der Waals surface area (Å²) in [5.41, 5.74) is 1.12. The Morgan fingerprint density at radius 2 is 2.14 bits per heavy atom. The minimum atomic E-state index is -0.578. The van der Waals surface area contributed by atoms with Crippen LogP contribution >= 0.6 is 0 Å². The highest BCUT2D eigenvalue weighted by atomic mass is 16.3. The van der Waals surface area contributed by atoms with Crippen LogP contribution in [-0.4, -0.2) is 49.4 Å². The number of carbonyl (C=O) groups excluding carboxylic acids is 1. The van der Waals surface area contributed by atoms with Crippen LogP contribution in [0.1, 0.15) is 31.3 Å². The van der Waals surface area contributed by atoms with Crippen molar-refractivity contribution in [2.75, 3.05) is 6.54 Å².